The summed E-state index contributed by atoms with van der Waals surface area (Å²) in [5, 5.41) is 9.25. The van der Waals surface area contributed by atoms with Crippen LogP contribution in [0.15, 0.2) is 6.07 Å². The predicted molar refractivity (Wildman–Crippen MR) is 138 cm³/mol. The van der Waals surface area contributed by atoms with Crippen LogP contribution in [0.5, 0.6) is 0 Å². The van der Waals surface area contributed by atoms with Crippen LogP contribution in [0.1, 0.15) is 80.7 Å². The Kier molecular flexibility index (Phi) is 7.19. The van der Waals surface area contributed by atoms with Crippen LogP contribution in [0.25, 0.3) is 10.2 Å². The SMILES string of the molecule is CC(=O)N1CCN(C2CCC(NC(=O)c3cc4c(C)nn(C5C[C@@H](C)O[C@@H](C)C5)c4s3)CC2)CC1. The molecule has 0 aromatic carbocycles. The Balaban J connectivity index is 1.18. The van der Waals surface area contributed by atoms with E-state index in [0.29, 0.717) is 12.1 Å². The Labute approximate surface area is 212 Å². The summed E-state index contributed by atoms with van der Waals surface area (Å²) >= 11 is 1.57. The highest BCUT2D eigenvalue weighted by Crippen LogP contribution is 2.36. The third-order valence-electron chi connectivity index (χ3n) is 8.12. The van der Waals surface area contributed by atoms with Crippen LogP contribution < -0.4 is 5.32 Å². The van der Waals surface area contributed by atoms with Crippen molar-refractivity contribution in [2.75, 3.05) is 26.2 Å². The quantitative estimate of drug-likeness (QED) is 0.691. The van der Waals surface area contributed by atoms with Crippen LogP contribution in [0, 0.1) is 6.92 Å². The number of aromatic nitrogens is 2. The molecule has 35 heavy (non-hydrogen) atoms. The Morgan fingerprint density at radius 2 is 1.69 bits per heavy atom. The van der Waals surface area contributed by atoms with Gasteiger partial charge in [0.05, 0.1) is 28.8 Å². The zero-order chi connectivity index (χ0) is 24.7. The summed E-state index contributed by atoms with van der Waals surface area (Å²) in [4.78, 5) is 31.1. The van der Waals surface area contributed by atoms with Gasteiger partial charge in [-0.3, -0.25) is 19.2 Å². The number of thiophene rings is 1. The number of ether oxygens (including phenoxy) is 1. The molecule has 1 saturated carbocycles. The molecule has 0 radical (unpaired) electrons. The highest BCUT2D eigenvalue weighted by Gasteiger charge is 2.31. The van der Waals surface area contributed by atoms with Crippen molar-refractivity contribution in [3.05, 3.63) is 16.6 Å². The van der Waals surface area contributed by atoms with Crippen LogP contribution in [-0.2, 0) is 9.53 Å². The third kappa shape index (κ3) is 5.27. The van der Waals surface area contributed by atoms with E-state index in [0.717, 1.165) is 85.5 Å². The van der Waals surface area contributed by atoms with Gasteiger partial charge < -0.3 is 15.0 Å². The van der Waals surface area contributed by atoms with Gasteiger partial charge in [0, 0.05) is 50.6 Å². The first-order valence-corrected chi connectivity index (χ1v) is 14.0. The Bertz CT molecular complexity index is 1050. The fourth-order valence-electron chi connectivity index (χ4n) is 6.24. The van der Waals surface area contributed by atoms with Gasteiger partial charge in [-0.1, -0.05) is 0 Å². The average molecular weight is 502 g/mol. The summed E-state index contributed by atoms with van der Waals surface area (Å²) < 4.78 is 8.08. The lowest BCUT2D eigenvalue weighted by Gasteiger charge is -2.41. The van der Waals surface area contributed by atoms with E-state index in [-0.39, 0.29) is 30.1 Å². The van der Waals surface area contributed by atoms with E-state index in [1.807, 2.05) is 17.9 Å². The molecule has 1 aliphatic carbocycles. The molecule has 3 fully saturated rings. The second-order valence-corrected chi connectivity index (χ2v) is 11.8. The molecule has 1 unspecified atom stereocenters. The monoisotopic (exact) mass is 501 g/mol. The zero-order valence-electron chi connectivity index (χ0n) is 21.5. The number of fused-ring (bicyclic) bond motifs is 1. The summed E-state index contributed by atoms with van der Waals surface area (Å²) in [6.07, 6.45) is 6.58. The van der Waals surface area contributed by atoms with Crippen LogP contribution in [0.2, 0.25) is 0 Å². The van der Waals surface area contributed by atoms with E-state index in [1.54, 1.807) is 18.3 Å². The molecule has 2 aliphatic heterocycles. The van der Waals surface area contributed by atoms with Gasteiger partial charge in [-0.25, -0.2) is 0 Å². The topological polar surface area (TPSA) is 79.7 Å². The fraction of sp³-hybridized carbons (Fsp3) is 0.731. The smallest absolute Gasteiger partial charge is 0.261 e. The van der Waals surface area contributed by atoms with Crippen LogP contribution >= 0.6 is 11.3 Å². The number of nitrogens with zero attached hydrogens (tertiary/aromatic N) is 4. The van der Waals surface area contributed by atoms with Crippen molar-refractivity contribution in [1.29, 1.82) is 0 Å². The fourth-order valence-corrected chi connectivity index (χ4v) is 7.38. The van der Waals surface area contributed by atoms with E-state index in [4.69, 9.17) is 9.84 Å². The molecule has 2 aromatic heterocycles. The van der Waals surface area contributed by atoms with Gasteiger partial charge in [0.25, 0.3) is 5.91 Å². The Hall–Kier alpha value is -1.97. The average Bonchev–Trinajstić information content (AvgIpc) is 3.40. The number of piperazine rings is 1. The largest absolute Gasteiger partial charge is 0.375 e. The molecular formula is C26H39N5O3S. The molecular weight excluding hydrogens is 462 g/mol. The van der Waals surface area contributed by atoms with Crippen molar-refractivity contribution in [3.63, 3.8) is 0 Å². The molecule has 2 amide bonds. The minimum Gasteiger partial charge on any atom is -0.375 e. The standard InChI is InChI=1S/C26H39N5O3S/c1-16-13-22(14-17(2)34-16)31-26-23(18(3)28-31)15-24(35-26)25(33)27-20-5-7-21(8-6-20)30-11-9-29(10-12-30)19(4)32/h15-17,20-22H,5-14H2,1-4H3,(H,27,33)/t16-,17+,20?,21?,22?. The molecule has 4 heterocycles. The number of hydrogen-bond acceptors (Lipinski definition) is 6. The van der Waals surface area contributed by atoms with Crippen molar-refractivity contribution >= 4 is 33.4 Å². The second-order valence-electron chi connectivity index (χ2n) is 10.8. The van der Waals surface area contributed by atoms with E-state index < -0.39 is 0 Å². The first-order valence-electron chi connectivity index (χ1n) is 13.2. The van der Waals surface area contributed by atoms with Gasteiger partial charge in [-0.05, 0) is 65.4 Å². The second kappa shape index (κ2) is 10.2. The minimum atomic E-state index is 0.0457. The molecule has 8 nitrogen and oxygen atoms in total. The molecule has 5 rings (SSSR count). The summed E-state index contributed by atoms with van der Waals surface area (Å²) in [6, 6.07) is 3.14. The number of aryl methyl sites for hydroxylation is 1. The summed E-state index contributed by atoms with van der Waals surface area (Å²) in [5.41, 5.74) is 0.993. The molecule has 192 valence electrons. The molecule has 2 aromatic rings. The maximum absolute atomic E-state index is 13.2. The zero-order valence-corrected chi connectivity index (χ0v) is 22.3. The lowest BCUT2D eigenvalue weighted by Crippen LogP contribution is -2.53. The first kappa shape index (κ1) is 24.7. The molecule has 2 saturated heterocycles. The number of nitrogens with one attached hydrogen (secondary N) is 1. The normalized spacial score (nSPS) is 30.5. The highest BCUT2D eigenvalue weighted by molar-refractivity contribution is 7.20. The third-order valence-corrected chi connectivity index (χ3v) is 9.24. The van der Waals surface area contributed by atoms with Crippen molar-refractivity contribution in [1.82, 2.24) is 24.9 Å². The number of rotatable bonds is 4. The summed E-state index contributed by atoms with van der Waals surface area (Å²) in [6.45, 7) is 11.5. The summed E-state index contributed by atoms with van der Waals surface area (Å²) in [7, 11) is 0. The molecule has 3 aliphatic rings. The van der Waals surface area contributed by atoms with E-state index in [2.05, 4.69) is 28.7 Å². The van der Waals surface area contributed by atoms with Gasteiger partial charge in [0.1, 0.15) is 4.83 Å². The van der Waals surface area contributed by atoms with Gasteiger partial charge in [-0.15, -0.1) is 11.3 Å². The predicted octanol–water partition coefficient (Wildman–Crippen LogP) is 3.74. The molecule has 3 atom stereocenters. The number of carbonyl (C=O) groups excluding carboxylic acids is 2. The van der Waals surface area contributed by atoms with Gasteiger partial charge in [0.15, 0.2) is 0 Å². The number of carbonyl (C=O) groups is 2. The van der Waals surface area contributed by atoms with E-state index in [9.17, 15) is 9.59 Å². The Morgan fingerprint density at radius 1 is 1.03 bits per heavy atom. The van der Waals surface area contributed by atoms with E-state index in [1.165, 1.54) is 0 Å². The van der Waals surface area contributed by atoms with Gasteiger partial charge in [-0.2, -0.15) is 5.10 Å². The van der Waals surface area contributed by atoms with Crippen LogP contribution in [0.3, 0.4) is 0 Å². The lowest BCUT2D eigenvalue weighted by molar-refractivity contribution is -0.131. The van der Waals surface area contributed by atoms with Crippen LogP contribution in [-0.4, -0.2) is 81.9 Å². The molecule has 9 heteroatoms. The maximum Gasteiger partial charge on any atom is 0.261 e. The molecule has 1 N–H and O–H groups in total. The first-order chi connectivity index (χ1) is 16.8. The van der Waals surface area contributed by atoms with Crippen molar-refractivity contribution in [2.45, 2.75) is 96.6 Å². The van der Waals surface area contributed by atoms with Gasteiger partial charge >= 0.3 is 0 Å². The highest BCUT2D eigenvalue weighted by atomic mass is 32.1. The lowest BCUT2D eigenvalue weighted by atomic mass is 9.89. The van der Waals surface area contributed by atoms with Crippen molar-refractivity contribution in [2.24, 2.45) is 0 Å². The minimum absolute atomic E-state index is 0.0457. The molecule has 0 bridgehead atoms. The molecule has 0 spiro atoms. The summed E-state index contributed by atoms with van der Waals surface area (Å²) in [5.74, 6) is 0.224. The Morgan fingerprint density at radius 3 is 2.31 bits per heavy atom. The van der Waals surface area contributed by atoms with Crippen LogP contribution in [0.4, 0.5) is 0 Å². The number of amides is 2. The number of hydrogen-bond donors (Lipinski definition) is 1. The maximum atomic E-state index is 13.2. The van der Waals surface area contributed by atoms with Gasteiger partial charge in [0.2, 0.25) is 5.91 Å². The van der Waals surface area contributed by atoms with Crippen molar-refractivity contribution in [3.8, 4) is 0 Å². The van der Waals surface area contributed by atoms with Crippen molar-refractivity contribution < 1.29 is 14.3 Å². The van der Waals surface area contributed by atoms with E-state index >= 15 is 0 Å².